The van der Waals surface area contributed by atoms with Crippen LogP contribution in [-0.2, 0) is 12.8 Å². The van der Waals surface area contributed by atoms with Crippen molar-refractivity contribution in [2.24, 2.45) is 5.10 Å². The van der Waals surface area contributed by atoms with E-state index in [1.165, 1.54) is 18.3 Å². The van der Waals surface area contributed by atoms with E-state index in [2.05, 4.69) is 10.1 Å². The van der Waals surface area contributed by atoms with Crippen LogP contribution in [-0.4, -0.2) is 15.9 Å². The van der Waals surface area contributed by atoms with Crippen LogP contribution in [0.3, 0.4) is 0 Å². The average molecular weight is 603 g/mol. The Balaban J connectivity index is 1.49. The van der Waals surface area contributed by atoms with Gasteiger partial charge >= 0.3 is 6.18 Å². The normalized spacial score (nSPS) is 11.8. The Labute approximate surface area is 241 Å². The molecule has 0 unspecified atom stereocenters. The molecule has 0 amide bonds. The Morgan fingerprint density at radius 3 is 2.45 bits per heavy atom. The van der Waals surface area contributed by atoms with Crippen LogP contribution in [0.25, 0.3) is 22.3 Å². The fourth-order valence-corrected chi connectivity index (χ4v) is 4.59. The van der Waals surface area contributed by atoms with Crippen LogP contribution in [0.2, 0.25) is 15.1 Å². The number of aromatic nitrogens is 2. The monoisotopic (exact) mass is 601 g/mol. The maximum Gasteiger partial charge on any atom is 0.416 e. The van der Waals surface area contributed by atoms with E-state index in [4.69, 9.17) is 39.5 Å². The smallest absolute Gasteiger partial charge is 0.416 e. The Hall–Kier alpha value is -3.85. The lowest BCUT2D eigenvalue weighted by molar-refractivity contribution is -0.137. The average Bonchev–Trinajstić information content (AvgIpc) is 2.92. The molecule has 0 aliphatic heterocycles. The number of rotatable bonds is 6. The standard InChI is InChI=1S/C29H17Cl3F3N3O2/c30-21-10-9-19(23(31)14-21)16-40-26-11-8-17(12-24(26)32)15-36-38-27(18-4-3-5-20(13-18)29(33,34)35)37-25-7-2-1-6-22(25)28(38)39/h1-15H,16H2. The van der Waals surface area contributed by atoms with E-state index in [1.54, 1.807) is 60.7 Å². The van der Waals surface area contributed by atoms with Gasteiger partial charge in [0, 0.05) is 21.2 Å². The highest BCUT2D eigenvalue weighted by atomic mass is 35.5. The second kappa shape index (κ2) is 11.3. The molecule has 5 rings (SSSR count). The summed E-state index contributed by atoms with van der Waals surface area (Å²) < 4.78 is 46.9. The number of benzene rings is 4. The lowest BCUT2D eigenvalue weighted by Crippen LogP contribution is -2.20. The summed E-state index contributed by atoms with van der Waals surface area (Å²) >= 11 is 18.5. The Morgan fingerprint density at radius 2 is 1.70 bits per heavy atom. The van der Waals surface area contributed by atoms with Gasteiger partial charge < -0.3 is 4.74 Å². The highest BCUT2D eigenvalue weighted by Gasteiger charge is 2.31. The van der Waals surface area contributed by atoms with Crippen molar-refractivity contribution in [3.05, 3.63) is 127 Å². The number of ether oxygens (including phenoxy) is 1. The van der Waals surface area contributed by atoms with E-state index in [1.807, 2.05) is 0 Å². The van der Waals surface area contributed by atoms with E-state index in [9.17, 15) is 18.0 Å². The molecule has 0 saturated heterocycles. The molecule has 0 spiro atoms. The summed E-state index contributed by atoms with van der Waals surface area (Å²) in [4.78, 5) is 17.8. The highest BCUT2D eigenvalue weighted by molar-refractivity contribution is 6.35. The summed E-state index contributed by atoms with van der Waals surface area (Å²) in [7, 11) is 0. The highest BCUT2D eigenvalue weighted by Crippen LogP contribution is 2.32. The third kappa shape index (κ3) is 5.99. The van der Waals surface area contributed by atoms with Gasteiger partial charge in [-0.2, -0.15) is 22.9 Å². The number of nitrogens with zero attached hydrogens (tertiary/aromatic N) is 3. The van der Waals surface area contributed by atoms with Gasteiger partial charge in [-0.1, -0.05) is 65.1 Å². The van der Waals surface area contributed by atoms with Crippen molar-refractivity contribution in [2.45, 2.75) is 12.8 Å². The molecule has 11 heteroatoms. The van der Waals surface area contributed by atoms with Crippen molar-refractivity contribution in [1.29, 1.82) is 0 Å². The van der Waals surface area contributed by atoms with Gasteiger partial charge in [0.1, 0.15) is 12.4 Å². The molecule has 0 N–H and O–H groups in total. The molecule has 0 aliphatic carbocycles. The van der Waals surface area contributed by atoms with Gasteiger partial charge in [-0.25, -0.2) is 4.98 Å². The SMILES string of the molecule is O=c1c2ccccc2nc(-c2cccc(C(F)(F)F)c2)n1N=Cc1ccc(OCc2ccc(Cl)cc2Cl)c(Cl)c1. The molecule has 5 nitrogen and oxygen atoms in total. The number of halogens is 6. The summed E-state index contributed by atoms with van der Waals surface area (Å²) in [5.74, 6) is 0.343. The molecule has 0 fully saturated rings. The summed E-state index contributed by atoms with van der Waals surface area (Å²) in [6.07, 6.45) is -3.21. The summed E-state index contributed by atoms with van der Waals surface area (Å²) in [5, 5.41) is 5.78. The van der Waals surface area contributed by atoms with Crippen LogP contribution in [0.15, 0.2) is 94.8 Å². The minimum absolute atomic E-state index is 0.0445. The molecule has 5 aromatic rings. The first-order valence-corrected chi connectivity index (χ1v) is 12.8. The first kappa shape index (κ1) is 27.7. The fraction of sp³-hybridized carbons (Fsp3) is 0.0690. The molecule has 0 aliphatic rings. The second-order valence-electron chi connectivity index (χ2n) is 8.61. The van der Waals surface area contributed by atoms with Gasteiger partial charge in [0.2, 0.25) is 0 Å². The van der Waals surface area contributed by atoms with E-state index in [0.717, 1.165) is 22.4 Å². The van der Waals surface area contributed by atoms with Gasteiger partial charge in [-0.05, 0) is 60.2 Å². The van der Waals surface area contributed by atoms with Gasteiger partial charge in [0.25, 0.3) is 5.56 Å². The maximum absolute atomic E-state index is 13.4. The second-order valence-corrected chi connectivity index (χ2v) is 9.86. The summed E-state index contributed by atoms with van der Waals surface area (Å²) in [5.41, 5.74) is 0.231. The van der Waals surface area contributed by atoms with Crippen LogP contribution in [0.4, 0.5) is 13.2 Å². The zero-order valence-electron chi connectivity index (χ0n) is 20.3. The van der Waals surface area contributed by atoms with Crippen LogP contribution in [0.1, 0.15) is 16.7 Å². The van der Waals surface area contributed by atoms with Crippen LogP contribution in [0.5, 0.6) is 5.75 Å². The maximum atomic E-state index is 13.4. The summed E-state index contributed by atoms with van der Waals surface area (Å²) in [6, 6.07) is 21.0. The summed E-state index contributed by atoms with van der Waals surface area (Å²) in [6.45, 7) is 0.154. The topological polar surface area (TPSA) is 56.5 Å². The molecule has 4 aromatic carbocycles. The van der Waals surface area contributed by atoms with Crippen LogP contribution < -0.4 is 10.3 Å². The molecule has 0 atom stereocenters. The van der Waals surface area contributed by atoms with E-state index in [0.29, 0.717) is 26.9 Å². The zero-order valence-corrected chi connectivity index (χ0v) is 22.6. The lowest BCUT2D eigenvalue weighted by atomic mass is 10.1. The van der Waals surface area contributed by atoms with Gasteiger partial charge in [-0.15, -0.1) is 0 Å². The molecular formula is C29H17Cl3F3N3O2. The van der Waals surface area contributed by atoms with Crippen molar-refractivity contribution >= 4 is 51.9 Å². The number of alkyl halides is 3. The quantitative estimate of drug-likeness (QED) is 0.183. The fourth-order valence-electron chi connectivity index (χ4n) is 3.89. The van der Waals surface area contributed by atoms with Crippen molar-refractivity contribution in [3.8, 4) is 17.1 Å². The minimum Gasteiger partial charge on any atom is -0.487 e. The van der Waals surface area contributed by atoms with E-state index >= 15 is 0 Å². The first-order valence-electron chi connectivity index (χ1n) is 11.7. The molecule has 1 heterocycles. The molecule has 0 bridgehead atoms. The number of fused-ring (bicyclic) bond motifs is 1. The van der Waals surface area contributed by atoms with E-state index < -0.39 is 17.3 Å². The van der Waals surface area contributed by atoms with Crippen LogP contribution in [0, 0.1) is 0 Å². The Morgan fingerprint density at radius 1 is 0.900 bits per heavy atom. The molecular weight excluding hydrogens is 586 g/mol. The third-order valence-electron chi connectivity index (χ3n) is 5.88. The molecule has 0 radical (unpaired) electrons. The Bertz CT molecular complexity index is 1820. The van der Waals surface area contributed by atoms with E-state index in [-0.39, 0.29) is 28.4 Å². The number of hydrogen-bond acceptors (Lipinski definition) is 4. The lowest BCUT2D eigenvalue weighted by Gasteiger charge is -2.12. The van der Waals surface area contributed by atoms with Crippen LogP contribution >= 0.6 is 34.8 Å². The van der Waals surface area contributed by atoms with Crippen molar-refractivity contribution in [1.82, 2.24) is 9.66 Å². The minimum atomic E-state index is -4.57. The van der Waals surface area contributed by atoms with Gasteiger partial charge in [0.15, 0.2) is 5.82 Å². The van der Waals surface area contributed by atoms with Gasteiger partial charge in [0.05, 0.1) is 27.7 Å². The Kier molecular flexibility index (Phi) is 7.85. The largest absolute Gasteiger partial charge is 0.487 e. The number of hydrogen-bond donors (Lipinski definition) is 0. The van der Waals surface area contributed by atoms with Gasteiger partial charge in [-0.3, -0.25) is 4.79 Å². The first-order chi connectivity index (χ1) is 19.1. The molecule has 202 valence electrons. The molecule has 1 aromatic heterocycles. The predicted octanol–water partition coefficient (Wildman–Crippen LogP) is 8.50. The van der Waals surface area contributed by atoms with Crippen molar-refractivity contribution in [2.75, 3.05) is 0 Å². The molecule has 0 saturated carbocycles. The zero-order chi connectivity index (χ0) is 28.4. The molecule has 40 heavy (non-hydrogen) atoms. The van der Waals surface area contributed by atoms with Crippen molar-refractivity contribution < 1.29 is 17.9 Å². The number of para-hydroxylation sites is 1. The predicted molar refractivity (Wildman–Crippen MR) is 152 cm³/mol. The third-order valence-corrected chi connectivity index (χ3v) is 6.76. The van der Waals surface area contributed by atoms with Crippen molar-refractivity contribution in [3.63, 3.8) is 0 Å².